The third kappa shape index (κ3) is 2.11. The van der Waals surface area contributed by atoms with Crippen LogP contribution in [0.2, 0.25) is 5.02 Å². The van der Waals surface area contributed by atoms with E-state index in [0.717, 1.165) is 16.5 Å². The lowest BCUT2D eigenvalue weighted by Crippen LogP contribution is -1.99. The lowest BCUT2D eigenvalue weighted by Gasteiger charge is -2.08. The number of fused-ring (bicyclic) bond motifs is 1. The first-order valence-corrected chi connectivity index (χ1v) is 6.58. The van der Waals surface area contributed by atoms with E-state index in [1.807, 2.05) is 36.5 Å². The van der Waals surface area contributed by atoms with Crippen molar-refractivity contribution in [1.82, 2.24) is 4.57 Å². The van der Waals surface area contributed by atoms with Gasteiger partial charge in [-0.1, -0.05) is 17.7 Å². The summed E-state index contributed by atoms with van der Waals surface area (Å²) in [5.74, 6) is 0. The summed E-state index contributed by atoms with van der Waals surface area (Å²) in [6.45, 7) is 0.627. The highest BCUT2D eigenvalue weighted by atomic mass is 35.5. The highest BCUT2D eigenvalue weighted by molar-refractivity contribution is 6.31. The van der Waals surface area contributed by atoms with Crippen molar-refractivity contribution >= 4 is 28.2 Å². The molecule has 0 unspecified atom stereocenters. The van der Waals surface area contributed by atoms with E-state index in [1.165, 1.54) is 0 Å². The van der Waals surface area contributed by atoms with Crippen LogP contribution >= 0.6 is 11.6 Å². The lowest BCUT2D eigenvalue weighted by atomic mass is 10.1. The van der Waals surface area contributed by atoms with Crippen molar-refractivity contribution in [2.75, 3.05) is 5.73 Å². The number of benzene rings is 2. The highest BCUT2D eigenvalue weighted by Crippen LogP contribution is 2.24. The predicted octanol–water partition coefficient (Wildman–Crippen LogP) is 3.80. The van der Waals surface area contributed by atoms with Crippen molar-refractivity contribution in [3.8, 4) is 6.07 Å². The van der Waals surface area contributed by atoms with Gasteiger partial charge in [0.2, 0.25) is 0 Å². The Hall–Kier alpha value is -2.44. The fraction of sp³-hybridized carbons (Fsp3) is 0.0625. The van der Waals surface area contributed by atoms with E-state index in [1.54, 1.807) is 12.1 Å². The molecule has 0 aliphatic heterocycles. The molecule has 0 amide bonds. The molecule has 0 radical (unpaired) electrons. The quantitative estimate of drug-likeness (QED) is 0.727. The second-order valence-electron chi connectivity index (χ2n) is 4.64. The van der Waals surface area contributed by atoms with Gasteiger partial charge in [-0.2, -0.15) is 5.26 Å². The number of rotatable bonds is 2. The van der Waals surface area contributed by atoms with Crippen LogP contribution in [0.25, 0.3) is 10.9 Å². The van der Waals surface area contributed by atoms with Crippen molar-refractivity contribution < 1.29 is 0 Å². The Bertz CT molecular complexity index is 827. The van der Waals surface area contributed by atoms with Gasteiger partial charge in [-0.05, 0) is 42.0 Å². The Kier molecular flexibility index (Phi) is 3.09. The van der Waals surface area contributed by atoms with Crippen LogP contribution in [0.4, 0.5) is 5.69 Å². The minimum atomic E-state index is 0.627. The molecule has 3 aromatic rings. The van der Waals surface area contributed by atoms with E-state index in [-0.39, 0.29) is 0 Å². The number of halogens is 1. The summed E-state index contributed by atoms with van der Waals surface area (Å²) in [5, 5.41) is 10.8. The normalized spacial score (nSPS) is 10.6. The van der Waals surface area contributed by atoms with Crippen molar-refractivity contribution in [3.05, 3.63) is 64.8 Å². The van der Waals surface area contributed by atoms with E-state index in [4.69, 9.17) is 22.6 Å². The van der Waals surface area contributed by atoms with Crippen LogP contribution < -0.4 is 5.73 Å². The summed E-state index contributed by atoms with van der Waals surface area (Å²) < 4.78 is 2.07. The number of anilines is 1. The van der Waals surface area contributed by atoms with Gasteiger partial charge in [0.25, 0.3) is 0 Å². The van der Waals surface area contributed by atoms with Crippen LogP contribution in [0, 0.1) is 11.3 Å². The monoisotopic (exact) mass is 281 g/mol. The van der Waals surface area contributed by atoms with Crippen LogP contribution in [-0.4, -0.2) is 4.57 Å². The molecule has 0 atom stereocenters. The molecule has 3 nitrogen and oxygen atoms in total. The second kappa shape index (κ2) is 4.92. The zero-order valence-electron chi connectivity index (χ0n) is 10.7. The van der Waals surface area contributed by atoms with Crippen LogP contribution in [0.15, 0.2) is 48.7 Å². The van der Waals surface area contributed by atoms with E-state index in [9.17, 15) is 0 Å². The molecule has 0 saturated carbocycles. The number of nitrogens with two attached hydrogens (primary N) is 1. The molecule has 4 heteroatoms. The zero-order valence-corrected chi connectivity index (χ0v) is 11.4. The van der Waals surface area contributed by atoms with E-state index >= 15 is 0 Å². The van der Waals surface area contributed by atoms with Gasteiger partial charge < -0.3 is 10.3 Å². The molecule has 2 aromatic carbocycles. The maximum absolute atomic E-state index is 9.12. The molecule has 20 heavy (non-hydrogen) atoms. The molecule has 0 aliphatic carbocycles. The number of hydrogen-bond donors (Lipinski definition) is 1. The highest BCUT2D eigenvalue weighted by Gasteiger charge is 2.07. The number of aromatic nitrogens is 1. The Morgan fingerprint density at radius 3 is 2.85 bits per heavy atom. The summed E-state index contributed by atoms with van der Waals surface area (Å²) in [4.78, 5) is 0. The van der Waals surface area contributed by atoms with Crippen LogP contribution in [-0.2, 0) is 6.54 Å². The van der Waals surface area contributed by atoms with Gasteiger partial charge >= 0.3 is 0 Å². The summed E-state index contributed by atoms with van der Waals surface area (Å²) >= 11 is 6.20. The van der Waals surface area contributed by atoms with Crippen LogP contribution in [0.1, 0.15) is 11.1 Å². The topological polar surface area (TPSA) is 54.7 Å². The molecule has 0 aliphatic rings. The van der Waals surface area contributed by atoms with Gasteiger partial charge in [-0.15, -0.1) is 0 Å². The third-order valence-corrected chi connectivity index (χ3v) is 3.71. The Morgan fingerprint density at radius 1 is 1.20 bits per heavy atom. The van der Waals surface area contributed by atoms with Crippen LogP contribution in [0.3, 0.4) is 0 Å². The Morgan fingerprint density at radius 2 is 2.05 bits per heavy atom. The maximum atomic E-state index is 9.12. The molecular formula is C16H12ClN3. The van der Waals surface area contributed by atoms with Crippen molar-refractivity contribution in [1.29, 1.82) is 5.26 Å². The molecule has 0 saturated heterocycles. The fourth-order valence-electron chi connectivity index (χ4n) is 2.36. The molecule has 1 heterocycles. The molecule has 0 fully saturated rings. The number of nitrogen functional groups attached to an aromatic ring is 1. The number of nitriles is 1. The standard InChI is InChI=1S/C16H12ClN3/c17-15-5-4-13(19)8-12(15)10-20-7-6-14-11(9-18)2-1-3-16(14)20/h1-8H,10,19H2. The SMILES string of the molecule is N#Cc1cccc2c1ccn2Cc1cc(N)ccc1Cl. The average Bonchev–Trinajstić information content (AvgIpc) is 2.86. The smallest absolute Gasteiger partial charge is 0.0998 e. The number of hydrogen-bond acceptors (Lipinski definition) is 2. The van der Waals surface area contributed by atoms with Gasteiger partial charge in [0, 0.05) is 34.4 Å². The van der Waals surface area contributed by atoms with Crippen LogP contribution in [0.5, 0.6) is 0 Å². The number of nitrogens with zero attached hydrogens (tertiary/aromatic N) is 2. The predicted molar refractivity (Wildman–Crippen MR) is 81.6 cm³/mol. The summed E-state index contributed by atoms with van der Waals surface area (Å²) in [7, 11) is 0. The van der Waals surface area contributed by atoms with Gasteiger partial charge in [0.1, 0.15) is 0 Å². The van der Waals surface area contributed by atoms with Gasteiger partial charge in [-0.3, -0.25) is 0 Å². The third-order valence-electron chi connectivity index (χ3n) is 3.34. The van der Waals surface area contributed by atoms with Crippen molar-refractivity contribution in [3.63, 3.8) is 0 Å². The van der Waals surface area contributed by atoms with Crippen molar-refractivity contribution in [2.24, 2.45) is 0 Å². The first kappa shape index (κ1) is 12.6. The molecule has 98 valence electrons. The summed E-state index contributed by atoms with van der Waals surface area (Å²) in [6, 6.07) is 15.3. The first-order valence-electron chi connectivity index (χ1n) is 6.21. The molecule has 3 rings (SSSR count). The minimum Gasteiger partial charge on any atom is -0.399 e. The van der Waals surface area contributed by atoms with E-state index in [0.29, 0.717) is 22.8 Å². The lowest BCUT2D eigenvalue weighted by molar-refractivity contribution is 0.837. The fourth-order valence-corrected chi connectivity index (χ4v) is 2.54. The molecule has 2 N–H and O–H groups in total. The van der Waals surface area contributed by atoms with E-state index in [2.05, 4.69) is 10.6 Å². The van der Waals surface area contributed by atoms with Gasteiger partial charge in [-0.25, -0.2) is 0 Å². The first-order chi connectivity index (χ1) is 9.69. The van der Waals surface area contributed by atoms with Gasteiger partial charge in [0.05, 0.1) is 11.6 Å². The van der Waals surface area contributed by atoms with Crippen molar-refractivity contribution in [2.45, 2.75) is 6.54 Å². The Labute approximate surface area is 121 Å². The largest absolute Gasteiger partial charge is 0.399 e. The molecular weight excluding hydrogens is 270 g/mol. The minimum absolute atomic E-state index is 0.627. The average molecular weight is 282 g/mol. The maximum Gasteiger partial charge on any atom is 0.0998 e. The summed E-state index contributed by atoms with van der Waals surface area (Å²) in [6.07, 6.45) is 1.96. The molecule has 0 bridgehead atoms. The summed E-state index contributed by atoms with van der Waals surface area (Å²) in [5.41, 5.74) is 9.16. The second-order valence-corrected chi connectivity index (χ2v) is 5.05. The van der Waals surface area contributed by atoms with Gasteiger partial charge in [0.15, 0.2) is 0 Å². The zero-order chi connectivity index (χ0) is 14.1. The molecule has 0 spiro atoms. The van der Waals surface area contributed by atoms with E-state index < -0.39 is 0 Å². The Balaban J connectivity index is 2.08. The molecule has 1 aromatic heterocycles.